The van der Waals surface area contributed by atoms with Gasteiger partial charge >= 0.3 is 17.9 Å². The minimum absolute atomic E-state index is 0.219. The first-order valence-corrected chi connectivity index (χ1v) is 14.2. The summed E-state index contributed by atoms with van der Waals surface area (Å²) in [5, 5.41) is 5.18. The molecule has 0 aliphatic carbocycles. The molecule has 0 saturated carbocycles. The van der Waals surface area contributed by atoms with Crippen LogP contribution in [0.2, 0.25) is 0 Å². The van der Waals surface area contributed by atoms with Crippen molar-refractivity contribution >= 4 is 45.1 Å². The number of carbonyl (C=O) groups excluding carboxylic acids is 3. The van der Waals surface area contributed by atoms with Gasteiger partial charge in [0, 0.05) is 12.2 Å². The second-order valence-corrected chi connectivity index (χ2v) is 12.4. The van der Waals surface area contributed by atoms with Gasteiger partial charge in [0.2, 0.25) is 10.0 Å². The summed E-state index contributed by atoms with van der Waals surface area (Å²) >= 11 is 0. The van der Waals surface area contributed by atoms with Crippen molar-refractivity contribution in [2.75, 3.05) is 28.2 Å². The van der Waals surface area contributed by atoms with Gasteiger partial charge in [-0.15, -0.1) is 0 Å². The lowest BCUT2D eigenvalue weighted by Gasteiger charge is -2.38. The average Bonchev–Trinajstić information content (AvgIpc) is 2.78. The third-order valence-electron chi connectivity index (χ3n) is 5.83. The molecule has 38 heavy (non-hydrogen) atoms. The highest BCUT2D eigenvalue weighted by molar-refractivity contribution is 7.92. The van der Waals surface area contributed by atoms with E-state index in [0.717, 1.165) is 18.2 Å². The van der Waals surface area contributed by atoms with Crippen LogP contribution >= 0.6 is 0 Å². The molecular formula is C26H35N5O6S. The normalized spacial score (nSPS) is 17.9. The zero-order valence-electron chi connectivity index (χ0n) is 22.5. The first-order chi connectivity index (χ1) is 17.6. The van der Waals surface area contributed by atoms with E-state index in [2.05, 4.69) is 20.3 Å². The number of amides is 3. The Hall–Kier alpha value is -3.67. The van der Waals surface area contributed by atoms with Gasteiger partial charge in [-0.25, -0.2) is 18.2 Å². The van der Waals surface area contributed by atoms with E-state index < -0.39 is 33.5 Å². The molecular weight excluding hydrogens is 510 g/mol. The Morgan fingerprint density at radius 1 is 1.05 bits per heavy atom. The summed E-state index contributed by atoms with van der Waals surface area (Å²) in [6, 6.07) is 8.08. The lowest BCUT2D eigenvalue weighted by molar-refractivity contribution is -0.146. The molecule has 0 radical (unpaired) electrons. The molecule has 12 heteroatoms. The highest BCUT2D eigenvalue weighted by atomic mass is 32.2. The Labute approximate surface area is 223 Å². The van der Waals surface area contributed by atoms with Crippen molar-refractivity contribution in [1.82, 2.24) is 9.88 Å². The first kappa shape index (κ1) is 28.9. The number of pyridine rings is 1. The van der Waals surface area contributed by atoms with E-state index >= 15 is 0 Å². The van der Waals surface area contributed by atoms with Crippen molar-refractivity contribution in [3.05, 3.63) is 47.7 Å². The van der Waals surface area contributed by atoms with Crippen molar-refractivity contribution in [3.8, 4) is 0 Å². The number of aryl methyl sites for hydroxylation is 1. The molecule has 2 heterocycles. The van der Waals surface area contributed by atoms with E-state index in [4.69, 9.17) is 4.74 Å². The molecule has 0 bridgehead atoms. The molecule has 0 unspecified atom stereocenters. The number of benzene rings is 1. The minimum atomic E-state index is -3.41. The maximum atomic E-state index is 13.2. The summed E-state index contributed by atoms with van der Waals surface area (Å²) in [5.74, 6) is -0.972. The van der Waals surface area contributed by atoms with E-state index in [1.807, 2.05) is 6.92 Å². The zero-order valence-corrected chi connectivity index (χ0v) is 23.3. The highest BCUT2D eigenvalue weighted by Crippen LogP contribution is 2.34. The van der Waals surface area contributed by atoms with E-state index in [9.17, 15) is 22.8 Å². The number of rotatable bonds is 5. The highest BCUT2D eigenvalue weighted by Gasteiger charge is 2.34. The molecule has 2 aromatic rings. The van der Waals surface area contributed by atoms with Crippen LogP contribution in [-0.2, 0) is 24.3 Å². The number of sulfonamides is 1. The number of hydrogen-bond acceptors (Lipinski definition) is 7. The van der Waals surface area contributed by atoms with Crippen molar-refractivity contribution in [1.29, 1.82) is 0 Å². The topological polar surface area (TPSA) is 147 Å². The average molecular weight is 546 g/mol. The van der Waals surface area contributed by atoms with Gasteiger partial charge in [0.05, 0.1) is 24.2 Å². The number of piperidine rings is 1. The van der Waals surface area contributed by atoms with Crippen LogP contribution in [0.5, 0.6) is 0 Å². The third kappa shape index (κ3) is 8.17. The second-order valence-electron chi connectivity index (χ2n) is 10.6. The minimum Gasteiger partial charge on any atom is -0.444 e. The maximum absolute atomic E-state index is 13.2. The lowest BCUT2D eigenvalue weighted by Crippen LogP contribution is -2.46. The molecule has 1 aliphatic rings. The van der Waals surface area contributed by atoms with Gasteiger partial charge in [-0.05, 0) is 75.8 Å². The van der Waals surface area contributed by atoms with Crippen LogP contribution in [0.4, 0.5) is 22.0 Å². The third-order valence-corrected chi connectivity index (χ3v) is 6.43. The van der Waals surface area contributed by atoms with E-state index in [0.29, 0.717) is 29.9 Å². The summed E-state index contributed by atoms with van der Waals surface area (Å²) in [7, 11) is -3.41. The number of ether oxygens (including phenoxy) is 1. The Kier molecular flexibility index (Phi) is 8.65. The number of carbonyl (C=O) groups is 3. The summed E-state index contributed by atoms with van der Waals surface area (Å²) in [4.78, 5) is 44.0. The van der Waals surface area contributed by atoms with Gasteiger partial charge in [-0.2, -0.15) is 0 Å². The molecule has 206 valence electrons. The zero-order chi connectivity index (χ0) is 28.3. The molecule has 3 N–H and O–H groups in total. The summed E-state index contributed by atoms with van der Waals surface area (Å²) in [5.41, 5.74) is 1.46. The van der Waals surface area contributed by atoms with Gasteiger partial charge in [0.15, 0.2) is 0 Å². The molecule has 1 aromatic carbocycles. The number of nitrogens with zero attached hydrogens (tertiary/aromatic N) is 2. The Balaban J connectivity index is 1.71. The van der Waals surface area contributed by atoms with Crippen LogP contribution in [0.25, 0.3) is 0 Å². The van der Waals surface area contributed by atoms with Gasteiger partial charge in [-0.1, -0.05) is 19.1 Å². The first-order valence-electron chi connectivity index (χ1n) is 12.3. The smallest absolute Gasteiger partial charge is 0.413 e. The predicted molar refractivity (Wildman–Crippen MR) is 145 cm³/mol. The monoisotopic (exact) mass is 545 g/mol. The molecule has 1 aromatic heterocycles. The largest absolute Gasteiger partial charge is 0.444 e. The van der Waals surface area contributed by atoms with Crippen LogP contribution in [0.3, 0.4) is 0 Å². The van der Waals surface area contributed by atoms with Gasteiger partial charge < -0.3 is 15.0 Å². The summed E-state index contributed by atoms with van der Waals surface area (Å²) in [6.07, 6.45) is 3.34. The number of hydrogen-bond donors (Lipinski definition) is 3. The van der Waals surface area contributed by atoms with Crippen LogP contribution in [-0.4, -0.2) is 54.6 Å². The molecule has 0 spiro atoms. The SMILES string of the molecule is Cc1cc(NC(=O)C(=O)N2C[C@@H](C)CC[C@@H]2c2ccc(NS(C)(=O)=O)cc2)cnc1NC(=O)OC(C)(C)C. The van der Waals surface area contributed by atoms with Crippen molar-refractivity contribution in [2.24, 2.45) is 5.92 Å². The molecule has 2 atom stereocenters. The predicted octanol–water partition coefficient (Wildman–Crippen LogP) is 4.05. The number of nitrogens with one attached hydrogen (secondary N) is 3. The number of likely N-dealkylation sites (tertiary alicyclic amines) is 1. The van der Waals surface area contributed by atoms with Crippen molar-refractivity contribution in [3.63, 3.8) is 0 Å². The van der Waals surface area contributed by atoms with Crippen LogP contribution in [0.1, 0.15) is 57.7 Å². The Morgan fingerprint density at radius 3 is 2.29 bits per heavy atom. The molecule has 11 nitrogen and oxygen atoms in total. The fourth-order valence-corrected chi connectivity index (χ4v) is 4.76. The number of anilines is 3. The van der Waals surface area contributed by atoms with E-state index in [-0.39, 0.29) is 17.8 Å². The standard InChI is InChI=1S/C26H35N5O6S/c1-16-7-12-21(18-8-10-19(11-9-18)30-38(6,35)36)31(15-16)24(33)23(32)28-20-13-17(2)22(27-14-20)29-25(34)37-26(3,4)5/h8-11,13-14,16,21,30H,7,12,15H2,1-6H3,(H,28,32)(H,27,29,34)/t16-,21+/m0/s1. The van der Waals surface area contributed by atoms with E-state index in [1.165, 1.54) is 6.20 Å². The Morgan fingerprint density at radius 2 is 1.71 bits per heavy atom. The van der Waals surface area contributed by atoms with Gasteiger partial charge in [0.1, 0.15) is 11.4 Å². The maximum Gasteiger partial charge on any atom is 0.413 e. The van der Waals surface area contributed by atoms with E-state index in [1.54, 1.807) is 62.9 Å². The van der Waals surface area contributed by atoms with Gasteiger partial charge in [0.25, 0.3) is 0 Å². The molecule has 1 fully saturated rings. The summed E-state index contributed by atoms with van der Waals surface area (Å²) in [6.45, 7) is 9.40. The quantitative estimate of drug-likeness (QED) is 0.480. The Bertz CT molecular complexity index is 1300. The second kappa shape index (κ2) is 11.4. The number of aromatic nitrogens is 1. The molecule has 3 amide bonds. The lowest BCUT2D eigenvalue weighted by atomic mass is 9.89. The molecule has 3 rings (SSSR count). The van der Waals surface area contributed by atoms with Gasteiger partial charge in [-0.3, -0.25) is 19.6 Å². The fraction of sp³-hybridized carbons (Fsp3) is 0.462. The van der Waals surface area contributed by atoms with Crippen molar-refractivity contribution < 1.29 is 27.5 Å². The van der Waals surface area contributed by atoms with Crippen molar-refractivity contribution in [2.45, 2.75) is 59.1 Å². The molecule has 1 saturated heterocycles. The van der Waals surface area contributed by atoms with Crippen LogP contribution in [0.15, 0.2) is 36.5 Å². The molecule has 1 aliphatic heterocycles. The summed E-state index contributed by atoms with van der Waals surface area (Å²) < 4.78 is 30.6. The van der Waals surface area contributed by atoms with Crippen LogP contribution < -0.4 is 15.4 Å². The fourth-order valence-electron chi connectivity index (χ4n) is 4.20. The van der Waals surface area contributed by atoms with Crippen LogP contribution in [0, 0.1) is 12.8 Å².